The highest BCUT2D eigenvalue weighted by molar-refractivity contribution is 6.30. The predicted molar refractivity (Wildman–Crippen MR) is 69.6 cm³/mol. The van der Waals surface area contributed by atoms with Crippen molar-refractivity contribution in [3.8, 4) is 0 Å². The van der Waals surface area contributed by atoms with E-state index in [0.29, 0.717) is 17.1 Å². The van der Waals surface area contributed by atoms with Gasteiger partial charge in [0, 0.05) is 24.2 Å². The van der Waals surface area contributed by atoms with Gasteiger partial charge >= 0.3 is 5.97 Å². The smallest absolute Gasteiger partial charge is 0.310 e. The highest BCUT2D eigenvalue weighted by atomic mass is 35.5. The fourth-order valence-electron chi connectivity index (χ4n) is 1.61. The molecule has 1 atom stereocenters. The van der Waals surface area contributed by atoms with E-state index in [9.17, 15) is 9.59 Å². The molecular formula is C13H16ClNO3. The third kappa shape index (κ3) is 3.74. The summed E-state index contributed by atoms with van der Waals surface area (Å²) in [5.74, 6) is -0.864. The molecule has 98 valence electrons. The van der Waals surface area contributed by atoms with Crippen LogP contribution >= 0.6 is 11.6 Å². The summed E-state index contributed by atoms with van der Waals surface area (Å²) in [5, 5.41) is 0.510. The van der Waals surface area contributed by atoms with Gasteiger partial charge in [-0.3, -0.25) is 9.59 Å². The lowest BCUT2D eigenvalue weighted by atomic mass is 10.1. The number of amides is 1. The number of carbonyl (C=O) groups excluding carboxylic acids is 2. The number of ether oxygens (including phenoxy) is 1. The minimum absolute atomic E-state index is 0.173. The molecule has 0 aliphatic carbocycles. The minimum atomic E-state index is -0.358. The molecule has 0 heterocycles. The second kappa shape index (κ2) is 6.40. The third-order valence-corrected chi connectivity index (χ3v) is 2.80. The number of rotatable bonds is 4. The van der Waals surface area contributed by atoms with Crippen LogP contribution in [0, 0.1) is 5.92 Å². The Kier molecular flexibility index (Phi) is 5.16. The van der Waals surface area contributed by atoms with Crippen molar-refractivity contribution in [2.24, 2.45) is 5.92 Å². The number of esters is 1. The van der Waals surface area contributed by atoms with Gasteiger partial charge in [0.05, 0.1) is 13.0 Å². The van der Waals surface area contributed by atoms with Crippen molar-refractivity contribution < 1.29 is 14.3 Å². The van der Waals surface area contributed by atoms with Crippen LogP contribution in [-0.2, 0) is 9.53 Å². The molecule has 0 aliphatic heterocycles. The van der Waals surface area contributed by atoms with Crippen LogP contribution in [0.15, 0.2) is 24.3 Å². The van der Waals surface area contributed by atoms with Gasteiger partial charge in [-0.2, -0.15) is 0 Å². The van der Waals surface area contributed by atoms with E-state index in [1.54, 1.807) is 38.2 Å². The summed E-state index contributed by atoms with van der Waals surface area (Å²) < 4.78 is 4.62. The summed E-state index contributed by atoms with van der Waals surface area (Å²) in [7, 11) is 2.97. The van der Waals surface area contributed by atoms with Crippen molar-refractivity contribution in [2.75, 3.05) is 20.7 Å². The van der Waals surface area contributed by atoms with Crippen LogP contribution in [0.25, 0.3) is 0 Å². The Hall–Kier alpha value is -1.55. The van der Waals surface area contributed by atoms with E-state index in [4.69, 9.17) is 11.6 Å². The van der Waals surface area contributed by atoms with E-state index < -0.39 is 0 Å². The van der Waals surface area contributed by atoms with Gasteiger partial charge in [-0.15, -0.1) is 0 Å². The predicted octanol–water partition coefficient (Wildman–Crippen LogP) is 2.22. The largest absolute Gasteiger partial charge is 0.469 e. The molecule has 0 N–H and O–H groups in total. The monoisotopic (exact) mass is 269 g/mol. The van der Waals surface area contributed by atoms with Gasteiger partial charge in [-0.25, -0.2) is 0 Å². The lowest BCUT2D eigenvalue weighted by molar-refractivity contribution is -0.145. The highest BCUT2D eigenvalue weighted by Crippen LogP contribution is 2.13. The van der Waals surface area contributed by atoms with E-state index in [0.717, 1.165) is 0 Å². The Bertz CT molecular complexity index is 448. The first-order chi connectivity index (χ1) is 8.45. The number of methoxy groups -OCH3 is 1. The van der Waals surface area contributed by atoms with Gasteiger partial charge in [0.1, 0.15) is 0 Å². The molecular weight excluding hydrogens is 254 g/mol. The molecule has 0 aliphatic rings. The molecule has 0 aromatic heterocycles. The molecule has 5 heteroatoms. The molecule has 18 heavy (non-hydrogen) atoms. The van der Waals surface area contributed by atoms with E-state index >= 15 is 0 Å². The van der Waals surface area contributed by atoms with Gasteiger partial charge in [0.25, 0.3) is 5.91 Å². The first-order valence-corrected chi connectivity index (χ1v) is 5.92. The van der Waals surface area contributed by atoms with E-state index in [1.165, 1.54) is 12.0 Å². The van der Waals surface area contributed by atoms with Crippen molar-refractivity contribution in [1.82, 2.24) is 4.90 Å². The summed E-state index contributed by atoms with van der Waals surface area (Å²) in [6.45, 7) is 2.02. The molecule has 1 aromatic rings. The quantitative estimate of drug-likeness (QED) is 0.788. The first kappa shape index (κ1) is 14.5. The Labute approximate surface area is 111 Å². The molecule has 0 radical (unpaired) electrons. The third-order valence-electron chi connectivity index (χ3n) is 2.57. The SMILES string of the molecule is COC(=O)C(C)CN(C)C(=O)c1cccc(Cl)c1. The summed E-state index contributed by atoms with van der Waals surface area (Å²) in [6, 6.07) is 6.71. The van der Waals surface area contributed by atoms with Crippen LogP contribution in [-0.4, -0.2) is 37.5 Å². The maximum atomic E-state index is 12.1. The number of hydrogen-bond donors (Lipinski definition) is 0. The summed E-state index contributed by atoms with van der Waals surface area (Å²) >= 11 is 5.83. The van der Waals surface area contributed by atoms with E-state index in [-0.39, 0.29) is 17.8 Å². The van der Waals surface area contributed by atoms with E-state index in [1.807, 2.05) is 0 Å². The molecule has 0 bridgehead atoms. The standard InChI is InChI=1S/C13H16ClNO3/c1-9(13(17)18-3)8-15(2)12(16)10-5-4-6-11(14)7-10/h4-7,9H,8H2,1-3H3. The highest BCUT2D eigenvalue weighted by Gasteiger charge is 2.19. The van der Waals surface area contributed by atoms with Crippen molar-refractivity contribution in [3.05, 3.63) is 34.9 Å². The van der Waals surface area contributed by atoms with Gasteiger partial charge in [0.2, 0.25) is 0 Å². The fourth-order valence-corrected chi connectivity index (χ4v) is 1.80. The summed E-state index contributed by atoms with van der Waals surface area (Å²) in [5.41, 5.74) is 0.502. The van der Waals surface area contributed by atoms with Crippen molar-refractivity contribution in [2.45, 2.75) is 6.92 Å². The summed E-state index contributed by atoms with van der Waals surface area (Å²) in [6.07, 6.45) is 0. The minimum Gasteiger partial charge on any atom is -0.469 e. The molecule has 0 spiro atoms. The van der Waals surface area contributed by atoms with Crippen molar-refractivity contribution in [1.29, 1.82) is 0 Å². The average Bonchev–Trinajstić information content (AvgIpc) is 2.36. The number of benzene rings is 1. The molecule has 4 nitrogen and oxygen atoms in total. The molecule has 1 unspecified atom stereocenters. The normalized spacial score (nSPS) is 11.8. The number of hydrogen-bond acceptors (Lipinski definition) is 3. The van der Waals surface area contributed by atoms with Crippen LogP contribution in [0.3, 0.4) is 0 Å². The van der Waals surface area contributed by atoms with Crippen molar-refractivity contribution >= 4 is 23.5 Å². The van der Waals surface area contributed by atoms with Crippen LogP contribution < -0.4 is 0 Å². The number of carbonyl (C=O) groups is 2. The van der Waals surface area contributed by atoms with Gasteiger partial charge in [-0.1, -0.05) is 24.6 Å². The zero-order valence-electron chi connectivity index (χ0n) is 10.6. The Morgan fingerprint density at radius 1 is 1.44 bits per heavy atom. The van der Waals surface area contributed by atoms with Crippen LogP contribution in [0.5, 0.6) is 0 Å². The lowest BCUT2D eigenvalue weighted by Crippen LogP contribution is -2.34. The maximum absolute atomic E-state index is 12.1. The van der Waals surface area contributed by atoms with Crippen molar-refractivity contribution in [3.63, 3.8) is 0 Å². The maximum Gasteiger partial charge on any atom is 0.310 e. The van der Waals surface area contributed by atoms with E-state index in [2.05, 4.69) is 4.74 Å². The van der Waals surface area contributed by atoms with Crippen LogP contribution in [0.2, 0.25) is 5.02 Å². The zero-order valence-corrected chi connectivity index (χ0v) is 11.4. The molecule has 1 rings (SSSR count). The second-order valence-corrected chi connectivity index (χ2v) is 4.56. The second-order valence-electron chi connectivity index (χ2n) is 4.12. The fraction of sp³-hybridized carbons (Fsp3) is 0.385. The Balaban J connectivity index is 2.70. The molecule has 1 amide bonds. The zero-order chi connectivity index (χ0) is 13.7. The topological polar surface area (TPSA) is 46.6 Å². The van der Waals surface area contributed by atoms with Crippen LogP contribution in [0.4, 0.5) is 0 Å². The lowest BCUT2D eigenvalue weighted by Gasteiger charge is -2.20. The molecule has 0 saturated carbocycles. The van der Waals surface area contributed by atoms with Gasteiger partial charge < -0.3 is 9.64 Å². The first-order valence-electron chi connectivity index (χ1n) is 5.54. The Morgan fingerprint density at radius 3 is 2.67 bits per heavy atom. The molecule has 1 aromatic carbocycles. The summed E-state index contributed by atoms with van der Waals surface area (Å²) in [4.78, 5) is 24.8. The van der Waals surface area contributed by atoms with Crippen LogP contribution in [0.1, 0.15) is 17.3 Å². The molecule has 0 fully saturated rings. The van der Waals surface area contributed by atoms with Gasteiger partial charge in [-0.05, 0) is 18.2 Å². The molecule has 0 saturated heterocycles. The number of nitrogens with zero attached hydrogens (tertiary/aromatic N) is 1. The number of halogens is 1. The average molecular weight is 270 g/mol. The Morgan fingerprint density at radius 2 is 2.11 bits per heavy atom. The van der Waals surface area contributed by atoms with Gasteiger partial charge in [0.15, 0.2) is 0 Å².